The number of benzene rings is 2. The standard InChI is InChI=1S/C18H23NO2/c1-13-5-10-18(20-4)16(11-13)12-21-17-8-6-15(7-9-17)14(2)19-3/h5-11,14,19H,12H2,1-4H3. The number of hydrogen-bond donors (Lipinski definition) is 1. The van der Waals surface area contributed by atoms with Crippen LogP contribution in [0.1, 0.15) is 29.7 Å². The Balaban J connectivity index is 2.04. The predicted octanol–water partition coefficient (Wildman–Crippen LogP) is 3.86. The van der Waals surface area contributed by atoms with Gasteiger partial charge in [0.15, 0.2) is 0 Å². The van der Waals surface area contributed by atoms with Gasteiger partial charge in [0.25, 0.3) is 0 Å². The lowest BCUT2D eigenvalue weighted by molar-refractivity contribution is 0.296. The van der Waals surface area contributed by atoms with Crippen molar-refractivity contribution in [3.63, 3.8) is 0 Å². The van der Waals surface area contributed by atoms with E-state index in [4.69, 9.17) is 9.47 Å². The highest BCUT2D eigenvalue weighted by Crippen LogP contribution is 2.23. The van der Waals surface area contributed by atoms with E-state index in [1.54, 1.807) is 7.11 Å². The van der Waals surface area contributed by atoms with E-state index < -0.39 is 0 Å². The summed E-state index contributed by atoms with van der Waals surface area (Å²) >= 11 is 0. The summed E-state index contributed by atoms with van der Waals surface area (Å²) in [6, 6.07) is 14.6. The van der Waals surface area contributed by atoms with Crippen LogP contribution in [0.2, 0.25) is 0 Å². The molecule has 1 atom stereocenters. The van der Waals surface area contributed by atoms with Crippen LogP contribution in [-0.4, -0.2) is 14.2 Å². The molecular formula is C18H23NO2. The van der Waals surface area contributed by atoms with Gasteiger partial charge in [-0.3, -0.25) is 0 Å². The van der Waals surface area contributed by atoms with E-state index in [9.17, 15) is 0 Å². The minimum Gasteiger partial charge on any atom is -0.496 e. The summed E-state index contributed by atoms with van der Waals surface area (Å²) in [4.78, 5) is 0. The highest BCUT2D eigenvalue weighted by molar-refractivity contribution is 5.37. The Kier molecular flexibility index (Phi) is 5.23. The average Bonchev–Trinajstić information content (AvgIpc) is 2.52. The molecule has 0 amide bonds. The van der Waals surface area contributed by atoms with Crippen LogP contribution in [0.4, 0.5) is 0 Å². The Morgan fingerprint density at radius 2 is 1.81 bits per heavy atom. The second kappa shape index (κ2) is 7.14. The Morgan fingerprint density at radius 3 is 2.43 bits per heavy atom. The fourth-order valence-electron chi connectivity index (χ4n) is 2.20. The van der Waals surface area contributed by atoms with Crippen molar-refractivity contribution in [2.75, 3.05) is 14.2 Å². The normalized spacial score (nSPS) is 12.0. The first kappa shape index (κ1) is 15.4. The van der Waals surface area contributed by atoms with Crippen LogP contribution >= 0.6 is 0 Å². The summed E-state index contributed by atoms with van der Waals surface area (Å²) < 4.78 is 11.2. The number of methoxy groups -OCH3 is 1. The van der Waals surface area contributed by atoms with Gasteiger partial charge in [0.05, 0.1) is 7.11 Å². The molecule has 0 bridgehead atoms. The first-order valence-corrected chi connectivity index (χ1v) is 7.17. The Morgan fingerprint density at radius 1 is 1.10 bits per heavy atom. The second-order valence-corrected chi connectivity index (χ2v) is 5.18. The van der Waals surface area contributed by atoms with Gasteiger partial charge in [0, 0.05) is 11.6 Å². The fourth-order valence-corrected chi connectivity index (χ4v) is 2.20. The molecule has 2 aromatic rings. The first-order chi connectivity index (χ1) is 10.1. The van der Waals surface area contributed by atoms with E-state index in [1.165, 1.54) is 11.1 Å². The van der Waals surface area contributed by atoms with E-state index in [1.807, 2.05) is 31.3 Å². The molecule has 0 aliphatic heterocycles. The van der Waals surface area contributed by atoms with Gasteiger partial charge in [-0.1, -0.05) is 23.8 Å². The van der Waals surface area contributed by atoms with Crippen LogP contribution in [0.3, 0.4) is 0 Å². The van der Waals surface area contributed by atoms with E-state index in [-0.39, 0.29) is 0 Å². The molecule has 0 aliphatic carbocycles. The monoisotopic (exact) mass is 285 g/mol. The summed E-state index contributed by atoms with van der Waals surface area (Å²) in [5.74, 6) is 1.73. The number of aryl methyl sites for hydroxylation is 1. The molecule has 1 N–H and O–H groups in total. The van der Waals surface area contributed by atoms with Gasteiger partial charge in [-0.05, 0) is 50.7 Å². The van der Waals surface area contributed by atoms with Gasteiger partial charge < -0.3 is 14.8 Å². The van der Waals surface area contributed by atoms with Crippen molar-refractivity contribution in [2.45, 2.75) is 26.5 Å². The molecule has 2 aromatic carbocycles. The number of nitrogens with one attached hydrogen (secondary N) is 1. The van der Waals surface area contributed by atoms with Crippen molar-refractivity contribution >= 4 is 0 Å². The smallest absolute Gasteiger partial charge is 0.125 e. The lowest BCUT2D eigenvalue weighted by atomic mass is 10.1. The molecule has 0 saturated carbocycles. The molecule has 112 valence electrons. The third-order valence-electron chi connectivity index (χ3n) is 3.64. The molecular weight excluding hydrogens is 262 g/mol. The maximum absolute atomic E-state index is 5.86. The third kappa shape index (κ3) is 3.99. The third-order valence-corrected chi connectivity index (χ3v) is 3.64. The number of hydrogen-bond acceptors (Lipinski definition) is 3. The zero-order valence-corrected chi connectivity index (χ0v) is 13.1. The highest BCUT2D eigenvalue weighted by atomic mass is 16.5. The molecule has 0 fully saturated rings. The van der Waals surface area contributed by atoms with E-state index in [0.717, 1.165) is 17.1 Å². The predicted molar refractivity (Wildman–Crippen MR) is 86.0 cm³/mol. The van der Waals surface area contributed by atoms with E-state index >= 15 is 0 Å². The molecule has 21 heavy (non-hydrogen) atoms. The topological polar surface area (TPSA) is 30.5 Å². The van der Waals surface area contributed by atoms with Crippen LogP contribution in [0.5, 0.6) is 11.5 Å². The summed E-state index contributed by atoms with van der Waals surface area (Å²) in [5, 5.41) is 3.22. The molecule has 0 saturated heterocycles. The molecule has 0 aliphatic rings. The summed E-state index contributed by atoms with van der Waals surface area (Å²) in [5.41, 5.74) is 3.51. The van der Waals surface area contributed by atoms with Crippen LogP contribution in [0, 0.1) is 6.92 Å². The van der Waals surface area contributed by atoms with Crippen molar-refractivity contribution < 1.29 is 9.47 Å². The molecule has 3 nitrogen and oxygen atoms in total. The SMILES string of the molecule is CNC(C)c1ccc(OCc2cc(C)ccc2OC)cc1. The zero-order chi connectivity index (χ0) is 15.2. The number of rotatable bonds is 6. The summed E-state index contributed by atoms with van der Waals surface area (Å²) in [6.07, 6.45) is 0. The Hall–Kier alpha value is -2.00. The van der Waals surface area contributed by atoms with Gasteiger partial charge in [0.2, 0.25) is 0 Å². The molecule has 2 rings (SSSR count). The molecule has 0 heterocycles. The summed E-state index contributed by atoms with van der Waals surface area (Å²) in [6.45, 7) is 4.70. The lowest BCUT2D eigenvalue weighted by Crippen LogP contribution is -2.11. The maximum atomic E-state index is 5.86. The van der Waals surface area contributed by atoms with Gasteiger partial charge in [-0.25, -0.2) is 0 Å². The Labute approximate surface area is 126 Å². The van der Waals surface area contributed by atoms with Crippen LogP contribution in [-0.2, 0) is 6.61 Å². The van der Waals surface area contributed by atoms with Crippen molar-refractivity contribution in [2.24, 2.45) is 0 Å². The lowest BCUT2D eigenvalue weighted by Gasteiger charge is -2.13. The Bertz CT molecular complexity index is 578. The highest BCUT2D eigenvalue weighted by Gasteiger charge is 2.05. The van der Waals surface area contributed by atoms with Crippen molar-refractivity contribution in [1.82, 2.24) is 5.32 Å². The van der Waals surface area contributed by atoms with Crippen molar-refractivity contribution in [3.05, 3.63) is 59.2 Å². The van der Waals surface area contributed by atoms with E-state index in [0.29, 0.717) is 12.6 Å². The minimum atomic E-state index is 0.343. The van der Waals surface area contributed by atoms with Gasteiger partial charge in [-0.15, -0.1) is 0 Å². The second-order valence-electron chi connectivity index (χ2n) is 5.18. The van der Waals surface area contributed by atoms with Crippen LogP contribution < -0.4 is 14.8 Å². The molecule has 1 unspecified atom stereocenters. The number of ether oxygens (including phenoxy) is 2. The average molecular weight is 285 g/mol. The molecule has 0 aromatic heterocycles. The van der Waals surface area contributed by atoms with Crippen molar-refractivity contribution in [1.29, 1.82) is 0 Å². The fraction of sp³-hybridized carbons (Fsp3) is 0.333. The molecule has 0 radical (unpaired) electrons. The van der Waals surface area contributed by atoms with Crippen LogP contribution in [0.25, 0.3) is 0 Å². The molecule has 0 spiro atoms. The zero-order valence-electron chi connectivity index (χ0n) is 13.1. The van der Waals surface area contributed by atoms with Gasteiger partial charge >= 0.3 is 0 Å². The molecule has 3 heteroatoms. The minimum absolute atomic E-state index is 0.343. The van der Waals surface area contributed by atoms with Crippen LogP contribution in [0.15, 0.2) is 42.5 Å². The van der Waals surface area contributed by atoms with E-state index in [2.05, 4.69) is 37.4 Å². The summed E-state index contributed by atoms with van der Waals surface area (Å²) in [7, 11) is 3.64. The quantitative estimate of drug-likeness (QED) is 0.874. The first-order valence-electron chi connectivity index (χ1n) is 7.17. The van der Waals surface area contributed by atoms with Crippen molar-refractivity contribution in [3.8, 4) is 11.5 Å². The van der Waals surface area contributed by atoms with Gasteiger partial charge in [-0.2, -0.15) is 0 Å². The maximum Gasteiger partial charge on any atom is 0.125 e. The van der Waals surface area contributed by atoms with Gasteiger partial charge in [0.1, 0.15) is 18.1 Å². The largest absolute Gasteiger partial charge is 0.496 e.